The van der Waals surface area contributed by atoms with E-state index in [4.69, 9.17) is 16.3 Å². The molecule has 0 unspecified atom stereocenters. The van der Waals surface area contributed by atoms with Crippen molar-refractivity contribution in [2.75, 3.05) is 5.32 Å². The van der Waals surface area contributed by atoms with Gasteiger partial charge in [-0.2, -0.15) is 5.26 Å². The van der Waals surface area contributed by atoms with Crippen LogP contribution in [0.15, 0.2) is 90.5 Å². The molecule has 2 N–H and O–H groups in total. The van der Waals surface area contributed by atoms with Gasteiger partial charge in [-0.1, -0.05) is 54.1 Å². The lowest BCUT2D eigenvalue weighted by Crippen LogP contribution is -2.13. The van der Waals surface area contributed by atoms with E-state index in [0.29, 0.717) is 28.6 Å². The number of carbonyl (C=O) groups excluding carboxylic acids is 1. The van der Waals surface area contributed by atoms with Crippen LogP contribution in [0.25, 0.3) is 16.8 Å². The van der Waals surface area contributed by atoms with E-state index in [0.717, 1.165) is 16.3 Å². The average molecular weight is 455 g/mol. The summed E-state index contributed by atoms with van der Waals surface area (Å²) < 4.78 is 6.07. The first-order chi connectivity index (χ1) is 16.0. The molecule has 0 saturated carbocycles. The van der Waals surface area contributed by atoms with Crippen molar-refractivity contribution in [3.8, 4) is 17.6 Å². The number of halogens is 1. The summed E-state index contributed by atoms with van der Waals surface area (Å²) in [5.74, 6) is -0.00310. The quantitative estimate of drug-likeness (QED) is 0.203. The molecule has 0 fully saturated rings. The first-order valence-corrected chi connectivity index (χ1v) is 10.5. The highest BCUT2D eigenvalue weighted by Crippen LogP contribution is 2.28. The number of phenolic OH excluding ortho intramolecular Hbond substituents is 1. The highest BCUT2D eigenvalue weighted by molar-refractivity contribution is 6.30. The van der Waals surface area contributed by atoms with Crippen LogP contribution in [0.1, 0.15) is 11.1 Å². The molecule has 4 rings (SSSR count). The van der Waals surface area contributed by atoms with Gasteiger partial charge >= 0.3 is 0 Å². The zero-order valence-corrected chi connectivity index (χ0v) is 18.2. The van der Waals surface area contributed by atoms with E-state index >= 15 is 0 Å². The van der Waals surface area contributed by atoms with Crippen LogP contribution in [0.2, 0.25) is 5.02 Å². The second-order valence-electron chi connectivity index (χ2n) is 7.28. The number of nitriles is 1. The molecule has 0 aliphatic carbocycles. The predicted octanol–water partition coefficient (Wildman–Crippen LogP) is 6.32. The Bertz CT molecular complexity index is 1380. The molecule has 0 saturated heterocycles. The predicted molar refractivity (Wildman–Crippen MR) is 130 cm³/mol. The molecule has 4 aromatic rings. The van der Waals surface area contributed by atoms with Gasteiger partial charge in [0.2, 0.25) is 0 Å². The van der Waals surface area contributed by atoms with E-state index in [2.05, 4.69) is 5.32 Å². The number of ether oxygens (including phenoxy) is 1. The van der Waals surface area contributed by atoms with Gasteiger partial charge in [0, 0.05) is 16.3 Å². The lowest BCUT2D eigenvalue weighted by molar-refractivity contribution is -0.112. The number of carbonyl (C=O) groups is 1. The first-order valence-electron chi connectivity index (χ1n) is 10.1. The van der Waals surface area contributed by atoms with Crippen LogP contribution in [-0.2, 0) is 11.4 Å². The average Bonchev–Trinajstić information content (AvgIpc) is 2.83. The largest absolute Gasteiger partial charge is 0.508 e. The number of hydrogen-bond donors (Lipinski definition) is 2. The van der Waals surface area contributed by atoms with Gasteiger partial charge < -0.3 is 15.2 Å². The number of phenols is 1. The normalized spacial score (nSPS) is 11.1. The van der Waals surface area contributed by atoms with Crippen LogP contribution < -0.4 is 10.1 Å². The summed E-state index contributed by atoms with van der Waals surface area (Å²) in [6.07, 6.45) is 1.44. The summed E-state index contributed by atoms with van der Waals surface area (Å²) in [5.41, 5.74) is 1.88. The molecule has 5 nitrogen and oxygen atoms in total. The summed E-state index contributed by atoms with van der Waals surface area (Å²) in [6.45, 7) is 0.311. The van der Waals surface area contributed by atoms with E-state index in [1.807, 2.05) is 48.5 Å². The topological polar surface area (TPSA) is 82.3 Å². The maximum absolute atomic E-state index is 12.6. The van der Waals surface area contributed by atoms with Crippen molar-refractivity contribution < 1.29 is 14.6 Å². The SMILES string of the molecule is N#C/C(=C\c1cc(Cl)ccc1OCc1cccc2ccccc12)C(=O)Nc1ccc(O)cc1. The Balaban J connectivity index is 1.59. The molecule has 4 aromatic carbocycles. The minimum absolute atomic E-state index is 0.0796. The van der Waals surface area contributed by atoms with E-state index in [9.17, 15) is 15.2 Å². The van der Waals surface area contributed by atoms with Crippen LogP contribution in [0.5, 0.6) is 11.5 Å². The van der Waals surface area contributed by atoms with Crippen LogP contribution >= 0.6 is 11.6 Å². The minimum atomic E-state index is -0.580. The van der Waals surface area contributed by atoms with Gasteiger partial charge in [0.05, 0.1) is 0 Å². The fraction of sp³-hybridized carbons (Fsp3) is 0.0370. The summed E-state index contributed by atoms with van der Waals surface area (Å²) >= 11 is 6.17. The van der Waals surface area contributed by atoms with Gasteiger partial charge in [0.15, 0.2) is 0 Å². The number of nitrogens with zero attached hydrogens (tertiary/aromatic N) is 1. The molecule has 0 radical (unpaired) electrons. The Morgan fingerprint density at radius 1 is 1.03 bits per heavy atom. The molecule has 1 amide bonds. The summed E-state index contributed by atoms with van der Waals surface area (Å²) in [7, 11) is 0. The van der Waals surface area contributed by atoms with Gasteiger partial charge in [-0.25, -0.2) is 0 Å². The van der Waals surface area contributed by atoms with Crippen LogP contribution in [-0.4, -0.2) is 11.0 Å². The van der Waals surface area contributed by atoms with Gasteiger partial charge in [0.25, 0.3) is 5.91 Å². The number of benzene rings is 4. The van der Waals surface area contributed by atoms with Crippen molar-refractivity contribution in [1.29, 1.82) is 5.26 Å². The van der Waals surface area contributed by atoms with E-state index in [1.165, 1.54) is 18.2 Å². The minimum Gasteiger partial charge on any atom is -0.508 e. The van der Waals surface area contributed by atoms with Crippen molar-refractivity contribution in [2.24, 2.45) is 0 Å². The number of rotatable bonds is 6. The number of hydrogen-bond acceptors (Lipinski definition) is 4. The van der Waals surface area contributed by atoms with E-state index in [1.54, 1.807) is 30.3 Å². The zero-order chi connectivity index (χ0) is 23.2. The third-order valence-corrected chi connectivity index (χ3v) is 5.26. The Morgan fingerprint density at radius 3 is 2.58 bits per heavy atom. The number of aromatic hydroxyl groups is 1. The lowest BCUT2D eigenvalue weighted by atomic mass is 10.1. The van der Waals surface area contributed by atoms with Gasteiger partial charge in [-0.3, -0.25) is 4.79 Å². The maximum Gasteiger partial charge on any atom is 0.266 e. The molecule has 0 aliphatic rings. The van der Waals surface area contributed by atoms with Crippen molar-refractivity contribution in [2.45, 2.75) is 6.61 Å². The molecule has 33 heavy (non-hydrogen) atoms. The Kier molecular flexibility index (Phi) is 6.58. The summed E-state index contributed by atoms with van der Waals surface area (Å²) in [6, 6.07) is 27.0. The Hall–Kier alpha value is -4.27. The fourth-order valence-electron chi connectivity index (χ4n) is 3.38. The highest BCUT2D eigenvalue weighted by atomic mass is 35.5. The Labute approximate surface area is 196 Å². The smallest absolute Gasteiger partial charge is 0.266 e. The molecule has 0 bridgehead atoms. The van der Waals surface area contributed by atoms with E-state index < -0.39 is 5.91 Å². The Morgan fingerprint density at radius 2 is 1.79 bits per heavy atom. The summed E-state index contributed by atoms with van der Waals surface area (Å²) in [4.78, 5) is 12.6. The molecule has 0 aliphatic heterocycles. The van der Waals surface area contributed by atoms with Crippen LogP contribution in [0.3, 0.4) is 0 Å². The summed E-state index contributed by atoms with van der Waals surface area (Å²) in [5, 5.41) is 24.3. The van der Waals surface area contributed by atoms with Crippen molar-refractivity contribution >= 4 is 40.0 Å². The third kappa shape index (κ3) is 5.32. The van der Waals surface area contributed by atoms with Gasteiger partial charge in [0.1, 0.15) is 29.7 Å². The van der Waals surface area contributed by atoms with Crippen LogP contribution in [0, 0.1) is 11.3 Å². The zero-order valence-electron chi connectivity index (χ0n) is 17.5. The molecule has 6 heteroatoms. The second-order valence-corrected chi connectivity index (χ2v) is 7.72. The molecular formula is C27H19ClN2O3. The van der Waals surface area contributed by atoms with Crippen molar-refractivity contribution in [1.82, 2.24) is 0 Å². The standard InChI is InChI=1S/C27H19ClN2O3/c28-22-8-13-26(33-17-19-6-3-5-18-4-1-2-7-25(18)19)20(15-22)14-21(16-29)27(32)30-23-9-11-24(31)12-10-23/h1-15,31H,17H2,(H,30,32)/b21-14+. The number of fused-ring (bicyclic) bond motifs is 1. The third-order valence-electron chi connectivity index (χ3n) is 5.03. The van der Waals surface area contributed by atoms with E-state index in [-0.39, 0.29) is 11.3 Å². The van der Waals surface area contributed by atoms with Crippen molar-refractivity contribution in [3.05, 3.63) is 107 Å². The first kappa shape index (κ1) is 21.9. The fourth-order valence-corrected chi connectivity index (χ4v) is 3.57. The molecule has 0 aromatic heterocycles. The van der Waals surface area contributed by atoms with Gasteiger partial charge in [-0.15, -0.1) is 0 Å². The monoisotopic (exact) mass is 454 g/mol. The maximum atomic E-state index is 12.6. The van der Waals surface area contributed by atoms with Gasteiger partial charge in [-0.05, 0) is 64.9 Å². The molecule has 0 atom stereocenters. The molecule has 0 heterocycles. The molecule has 162 valence electrons. The molecule has 0 spiro atoms. The van der Waals surface area contributed by atoms with Crippen LogP contribution in [0.4, 0.5) is 5.69 Å². The lowest BCUT2D eigenvalue weighted by Gasteiger charge is -2.12. The molecular weight excluding hydrogens is 436 g/mol. The second kappa shape index (κ2) is 9.90. The van der Waals surface area contributed by atoms with Crippen molar-refractivity contribution in [3.63, 3.8) is 0 Å². The number of anilines is 1. The highest BCUT2D eigenvalue weighted by Gasteiger charge is 2.13. The number of nitrogens with one attached hydrogen (secondary N) is 1. The number of amides is 1.